The maximum atomic E-state index is 13.6. The number of ketones is 3. The Morgan fingerprint density at radius 2 is 1.83 bits per heavy atom. The molecule has 0 spiro atoms. The van der Waals surface area contributed by atoms with E-state index in [0.29, 0.717) is 0 Å². The summed E-state index contributed by atoms with van der Waals surface area (Å²) in [6.07, 6.45) is -4.37. The molecule has 5 rings (SSSR count). The molecule has 2 aromatic carbocycles. The fraction of sp³-hybridized carbons (Fsp3) is 0.429. The first-order valence-corrected chi connectivity index (χ1v) is 12.9. The molecule has 2 aliphatic carbocycles. The second kappa shape index (κ2) is 11.7. The third-order valence-corrected chi connectivity index (χ3v) is 7.81. The van der Waals surface area contributed by atoms with Crippen LogP contribution in [0.15, 0.2) is 18.2 Å². The van der Waals surface area contributed by atoms with Gasteiger partial charge in [-0.25, -0.2) is 10.2 Å². The molecule has 224 valence electrons. The summed E-state index contributed by atoms with van der Waals surface area (Å²) in [4.78, 5) is 48.1. The van der Waals surface area contributed by atoms with Crippen LogP contribution in [0.5, 0.6) is 17.2 Å². The van der Waals surface area contributed by atoms with E-state index in [-0.39, 0.29) is 34.4 Å². The first-order chi connectivity index (χ1) is 19.8. The molecule has 1 heterocycles. The Bertz CT molecular complexity index is 1470. The van der Waals surface area contributed by atoms with Gasteiger partial charge in [-0.1, -0.05) is 12.1 Å². The Morgan fingerprint density at radius 3 is 2.43 bits per heavy atom. The number of hydrogen-bond donors (Lipinski definition) is 7. The number of nitrogens with two attached hydrogens (primary N) is 1. The van der Waals surface area contributed by atoms with Crippen LogP contribution in [0.2, 0.25) is 0 Å². The van der Waals surface area contributed by atoms with Crippen LogP contribution in [0.3, 0.4) is 0 Å². The van der Waals surface area contributed by atoms with Gasteiger partial charge in [-0.2, -0.15) is 0 Å². The number of hydrogen-bond acceptors (Lipinski definition) is 14. The molecule has 0 bridgehead atoms. The van der Waals surface area contributed by atoms with Gasteiger partial charge < -0.3 is 45.5 Å². The van der Waals surface area contributed by atoms with E-state index in [9.17, 15) is 39.9 Å². The quantitative estimate of drug-likeness (QED) is 0.117. The minimum Gasteiger partial charge on any atom is -0.507 e. The van der Waals surface area contributed by atoms with Crippen molar-refractivity contribution in [3.8, 4) is 17.2 Å². The van der Waals surface area contributed by atoms with E-state index in [1.807, 2.05) is 0 Å². The van der Waals surface area contributed by atoms with Crippen molar-refractivity contribution < 1.29 is 58.9 Å². The molecule has 14 nitrogen and oxygen atoms in total. The molecular weight excluding hydrogens is 556 g/mol. The highest BCUT2D eigenvalue weighted by atomic mass is 16.7. The molecule has 6 atom stereocenters. The summed E-state index contributed by atoms with van der Waals surface area (Å²) in [6, 6.07) is 3.64. The number of aliphatic hydroxyl groups excluding tert-OH is 2. The number of phenols is 2. The maximum absolute atomic E-state index is 13.6. The van der Waals surface area contributed by atoms with Crippen molar-refractivity contribution in [2.24, 2.45) is 5.73 Å². The van der Waals surface area contributed by atoms with Crippen LogP contribution in [0, 0.1) is 5.41 Å². The van der Waals surface area contributed by atoms with Gasteiger partial charge in [0.05, 0.1) is 42.1 Å². The first kappa shape index (κ1) is 30.9. The molecule has 1 fully saturated rings. The van der Waals surface area contributed by atoms with Crippen molar-refractivity contribution in [2.75, 3.05) is 13.7 Å². The van der Waals surface area contributed by atoms with Crippen molar-refractivity contribution in [3.63, 3.8) is 0 Å². The second-order valence-corrected chi connectivity index (χ2v) is 10.3. The van der Waals surface area contributed by atoms with Gasteiger partial charge in [0.1, 0.15) is 29.5 Å². The number of phenolic OH excluding ortho intramolecular Hbond substituents is 2. The van der Waals surface area contributed by atoms with E-state index in [1.165, 1.54) is 25.3 Å². The topological polar surface area (TPSA) is 247 Å². The van der Waals surface area contributed by atoms with Crippen LogP contribution in [-0.2, 0) is 25.5 Å². The van der Waals surface area contributed by atoms with Crippen molar-refractivity contribution in [1.82, 2.24) is 0 Å². The molecular formula is C28H30N2O12. The van der Waals surface area contributed by atoms with Gasteiger partial charge in [0.2, 0.25) is 11.9 Å². The van der Waals surface area contributed by atoms with Crippen LogP contribution in [0.25, 0.3) is 0 Å². The molecule has 2 aromatic rings. The Morgan fingerprint density at radius 1 is 1.19 bits per heavy atom. The number of fused-ring (bicyclic) bond motifs is 3. The summed E-state index contributed by atoms with van der Waals surface area (Å²) in [5.41, 5.74) is 2.37. The zero-order chi connectivity index (χ0) is 31.1. The number of nitrogens with one attached hydrogen (secondary N) is 1. The van der Waals surface area contributed by atoms with E-state index in [4.69, 9.17) is 30.1 Å². The molecule has 0 amide bonds. The zero-order valence-corrected chi connectivity index (χ0v) is 22.6. The summed E-state index contributed by atoms with van der Waals surface area (Å²) in [6.45, 7) is 0.560. The summed E-state index contributed by atoms with van der Waals surface area (Å²) in [5, 5.41) is 59.1. The molecule has 8 N–H and O–H groups in total. The Labute approximate surface area is 238 Å². The SMILES string of the molecule is COc1cccc2c1C(=O)c1c(O)c3c(c(O)c1C2=O)C[C@@](O)(C(=O)CO)C[C@@H]3O[C@H]1C[C@H](N)[C@H](O)[C@H](C)O1.N=C=O. The summed E-state index contributed by atoms with van der Waals surface area (Å²) in [5.74, 6) is -3.77. The first-order valence-electron chi connectivity index (χ1n) is 12.9. The molecule has 1 aliphatic heterocycles. The molecule has 0 radical (unpaired) electrons. The number of carbonyl (C=O) groups excluding carboxylic acids is 4. The minimum atomic E-state index is -2.24. The fourth-order valence-corrected chi connectivity index (χ4v) is 5.75. The average Bonchev–Trinajstić information content (AvgIpc) is 2.95. The second-order valence-electron chi connectivity index (χ2n) is 10.3. The Hall–Kier alpha value is -4.01. The number of Topliss-reactive ketones (excluding diaryl/α,β-unsaturated/α-hetero) is 1. The monoisotopic (exact) mass is 586 g/mol. The van der Waals surface area contributed by atoms with E-state index >= 15 is 0 Å². The lowest BCUT2D eigenvalue weighted by Gasteiger charge is -2.42. The van der Waals surface area contributed by atoms with Crippen molar-refractivity contribution in [1.29, 1.82) is 5.41 Å². The fourth-order valence-electron chi connectivity index (χ4n) is 5.75. The number of carbonyl (C=O) groups is 3. The number of methoxy groups -OCH3 is 1. The van der Waals surface area contributed by atoms with E-state index in [1.54, 1.807) is 6.92 Å². The lowest BCUT2D eigenvalue weighted by molar-refractivity contribution is -0.247. The predicted octanol–water partition coefficient (Wildman–Crippen LogP) is -0.0977. The van der Waals surface area contributed by atoms with Gasteiger partial charge in [-0.05, 0) is 13.0 Å². The molecule has 1 saturated heterocycles. The summed E-state index contributed by atoms with van der Waals surface area (Å²) < 4.78 is 17.0. The van der Waals surface area contributed by atoms with Crippen molar-refractivity contribution in [2.45, 2.75) is 62.4 Å². The van der Waals surface area contributed by atoms with Crippen LogP contribution in [-0.4, -0.2) is 92.8 Å². The highest BCUT2D eigenvalue weighted by Crippen LogP contribution is 2.52. The predicted molar refractivity (Wildman–Crippen MR) is 140 cm³/mol. The van der Waals surface area contributed by atoms with Crippen LogP contribution in [0.4, 0.5) is 0 Å². The minimum absolute atomic E-state index is 0.0173. The number of isocyanates is 1. The highest BCUT2D eigenvalue weighted by Gasteiger charge is 2.50. The van der Waals surface area contributed by atoms with Crippen molar-refractivity contribution >= 4 is 23.4 Å². The number of aliphatic hydroxyl groups is 3. The van der Waals surface area contributed by atoms with Gasteiger partial charge >= 0.3 is 0 Å². The number of rotatable bonds is 5. The number of ether oxygens (including phenoxy) is 3. The lowest BCUT2D eigenvalue weighted by Crippen LogP contribution is -2.53. The Kier molecular flexibility index (Phi) is 8.62. The van der Waals surface area contributed by atoms with Crippen LogP contribution >= 0.6 is 0 Å². The van der Waals surface area contributed by atoms with Crippen LogP contribution < -0.4 is 10.5 Å². The summed E-state index contributed by atoms with van der Waals surface area (Å²) >= 11 is 0. The van der Waals surface area contributed by atoms with E-state index in [0.717, 1.165) is 6.08 Å². The standard InChI is InChI=1S/C27H29NO11.CHNO/c1-10-22(31)13(28)6-17(38-10)39-15-8-27(36,16(30)9-29)7-12-19(15)26(35)21-20(24(12)33)23(32)11-4-3-5-14(37-2)18(11)25(21)34;2-1-3/h3-5,10,13,15,17,22,29,31,33,35-36H,6-9,28H2,1-2H3;2H/t10-,13-,15-,17-,22+,27-;/m0./s1. The maximum Gasteiger partial charge on any atom is 0.231 e. The average molecular weight is 587 g/mol. The summed E-state index contributed by atoms with van der Waals surface area (Å²) in [7, 11) is 1.32. The number of aromatic hydroxyl groups is 2. The van der Waals surface area contributed by atoms with Crippen LogP contribution in [0.1, 0.15) is 68.8 Å². The molecule has 14 heteroatoms. The van der Waals surface area contributed by atoms with Gasteiger partial charge in [0.25, 0.3) is 0 Å². The largest absolute Gasteiger partial charge is 0.507 e. The van der Waals surface area contributed by atoms with Gasteiger partial charge in [0, 0.05) is 42.0 Å². The smallest absolute Gasteiger partial charge is 0.231 e. The molecule has 0 saturated carbocycles. The van der Waals surface area contributed by atoms with E-state index in [2.05, 4.69) is 0 Å². The number of benzene rings is 2. The van der Waals surface area contributed by atoms with Crippen molar-refractivity contribution in [3.05, 3.63) is 51.6 Å². The molecule has 0 unspecified atom stereocenters. The molecule has 3 aliphatic rings. The third kappa shape index (κ3) is 4.99. The van der Waals surface area contributed by atoms with Gasteiger partial charge in [-0.3, -0.25) is 14.4 Å². The van der Waals surface area contributed by atoms with Gasteiger partial charge in [-0.15, -0.1) is 0 Å². The van der Waals surface area contributed by atoms with Gasteiger partial charge in [0.15, 0.2) is 17.9 Å². The normalized spacial score (nSPS) is 27.9. The lowest BCUT2D eigenvalue weighted by atomic mass is 9.72. The highest BCUT2D eigenvalue weighted by molar-refractivity contribution is 6.31. The third-order valence-electron chi connectivity index (χ3n) is 7.81. The Balaban J connectivity index is 0.00000129. The van der Waals surface area contributed by atoms with E-state index < -0.39 is 95.7 Å². The molecule has 42 heavy (non-hydrogen) atoms. The zero-order valence-electron chi connectivity index (χ0n) is 22.6. The molecule has 0 aromatic heterocycles.